The Hall–Kier alpha value is -4.19. The third-order valence-electron chi connectivity index (χ3n) is 14.4. The number of esters is 3. The summed E-state index contributed by atoms with van der Waals surface area (Å²) in [5.74, 6) is -0.901. The van der Waals surface area contributed by atoms with Gasteiger partial charge in [-0.2, -0.15) is 0 Å². The van der Waals surface area contributed by atoms with E-state index in [2.05, 4.69) is 142 Å². The fourth-order valence-electron chi connectivity index (χ4n) is 9.34. The Labute approximate surface area is 501 Å². The van der Waals surface area contributed by atoms with Gasteiger partial charge < -0.3 is 14.2 Å². The first-order chi connectivity index (χ1) is 40.0. The lowest BCUT2D eigenvalue weighted by Gasteiger charge is -2.18. The van der Waals surface area contributed by atoms with Crippen molar-refractivity contribution in [1.29, 1.82) is 0 Å². The number of rotatable bonds is 61. The molecule has 0 aromatic carbocycles. The van der Waals surface area contributed by atoms with Gasteiger partial charge in [0.05, 0.1) is 0 Å². The number of hydrogen-bond donors (Lipinski definition) is 0. The van der Waals surface area contributed by atoms with Crippen molar-refractivity contribution in [2.24, 2.45) is 0 Å². The molecule has 0 rings (SSSR count). The summed E-state index contributed by atoms with van der Waals surface area (Å²) < 4.78 is 16.9. The van der Waals surface area contributed by atoms with Crippen LogP contribution in [-0.4, -0.2) is 37.2 Å². The molecule has 0 fully saturated rings. The third-order valence-corrected chi connectivity index (χ3v) is 14.4. The monoisotopic (exact) mass is 1120 g/mol. The van der Waals surface area contributed by atoms with E-state index in [0.29, 0.717) is 19.3 Å². The predicted molar refractivity (Wildman–Crippen MR) is 353 cm³/mol. The second-order valence-electron chi connectivity index (χ2n) is 22.3. The Morgan fingerprint density at radius 3 is 0.815 bits per heavy atom. The van der Waals surface area contributed by atoms with E-state index in [1.54, 1.807) is 0 Å². The zero-order chi connectivity index (χ0) is 58.5. The minimum atomic E-state index is -0.791. The minimum Gasteiger partial charge on any atom is -0.462 e. The number of allylic oxidation sites excluding steroid dienone is 20. The van der Waals surface area contributed by atoms with Gasteiger partial charge in [0, 0.05) is 19.3 Å². The standard InChI is InChI=1S/C75H126O6/c1-4-7-10-13-16-19-22-25-27-29-31-32-33-34-35-36-37-38-39-40-41-42-44-45-47-50-53-56-59-62-65-68-74(77)80-71-72(70-79-73(76)67-64-61-58-55-52-49-24-21-18-15-12-9-6-3)81-75(78)69-66-63-60-57-54-51-48-46-43-30-28-26-23-20-17-14-11-8-5-2/h7,10,12,15-16,19,21,24-28,31-32,34-35,37-38,40-41,72H,4-6,8-9,11,13-14,17-18,20,22-23,29-30,33,36,39,42-71H2,1-3H3/b10-7-,15-12-,19-16-,24-21-,27-25-,28-26-,32-31-,35-34-,38-37-,41-40-. The van der Waals surface area contributed by atoms with Crippen LogP contribution >= 0.6 is 0 Å². The van der Waals surface area contributed by atoms with Crippen LogP contribution in [0.25, 0.3) is 0 Å². The maximum absolute atomic E-state index is 12.9. The zero-order valence-corrected chi connectivity index (χ0v) is 53.0. The van der Waals surface area contributed by atoms with Crippen LogP contribution in [0.5, 0.6) is 0 Å². The molecule has 0 N–H and O–H groups in total. The first-order valence-electron chi connectivity index (χ1n) is 34.0. The molecule has 1 atom stereocenters. The van der Waals surface area contributed by atoms with Gasteiger partial charge in [-0.15, -0.1) is 0 Å². The summed E-state index contributed by atoms with van der Waals surface area (Å²) in [6.07, 6.45) is 95.0. The topological polar surface area (TPSA) is 78.9 Å². The van der Waals surface area contributed by atoms with Crippen LogP contribution < -0.4 is 0 Å². The number of carbonyl (C=O) groups is 3. The van der Waals surface area contributed by atoms with E-state index in [4.69, 9.17) is 14.2 Å². The molecule has 1 unspecified atom stereocenters. The van der Waals surface area contributed by atoms with Gasteiger partial charge >= 0.3 is 17.9 Å². The van der Waals surface area contributed by atoms with Crippen molar-refractivity contribution >= 4 is 17.9 Å². The van der Waals surface area contributed by atoms with Crippen molar-refractivity contribution in [3.63, 3.8) is 0 Å². The lowest BCUT2D eigenvalue weighted by atomic mass is 10.1. The highest BCUT2D eigenvalue weighted by Crippen LogP contribution is 2.16. The van der Waals surface area contributed by atoms with Gasteiger partial charge in [0.15, 0.2) is 6.10 Å². The molecule has 0 spiro atoms. The third kappa shape index (κ3) is 66.5. The van der Waals surface area contributed by atoms with Crippen molar-refractivity contribution in [3.8, 4) is 0 Å². The Morgan fingerprint density at radius 1 is 0.259 bits per heavy atom. The number of ether oxygens (including phenoxy) is 3. The first-order valence-corrected chi connectivity index (χ1v) is 34.0. The summed E-state index contributed by atoms with van der Waals surface area (Å²) in [5, 5.41) is 0. The quantitative estimate of drug-likeness (QED) is 0.0261. The summed E-state index contributed by atoms with van der Waals surface area (Å²) in [4.78, 5) is 38.4. The molecule has 0 amide bonds. The Morgan fingerprint density at radius 2 is 0.506 bits per heavy atom. The molecule has 0 radical (unpaired) electrons. The Bertz CT molecular complexity index is 1670. The summed E-state index contributed by atoms with van der Waals surface area (Å²) >= 11 is 0. The van der Waals surface area contributed by atoms with Crippen molar-refractivity contribution < 1.29 is 28.6 Å². The fraction of sp³-hybridized carbons (Fsp3) is 0.693. The van der Waals surface area contributed by atoms with Gasteiger partial charge in [-0.3, -0.25) is 14.4 Å². The second kappa shape index (κ2) is 68.3. The summed E-state index contributed by atoms with van der Waals surface area (Å²) in [6, 6.07) is 0. The van der Waals surface area contributed by atoms with Crippen LogP contribution in [0.1, 0.15) is 316 Å². The van der Waals surface area contributed by atoms with Crippen LogP contribution in [0, 0.1) is 0 Å². The van der Waals surface area contributed by atoms with E-state index in [1.807, 2.05) is 0 Å². The van der Waals surface area contributed by atoms with Crippen LogP contribution in [-0.2, 0) is 28.6 Å². The van der Waals surface area contributed by atoms with Crippen molar-refractivity contribution in [2.75, 3.05) is 13.2 Å². The lowest BCUT2D eigenvalue weighted by molar-refractivity contribution is -0.167. The molecule has 0 aliphatic rings. The molecule has 0 saturated heterocycles. The van der Waals surface area contributed by atoms with Crippen LogP contribution in [0.3, 0.4) is 0 Å². The first kappa shape index (κ1) is 76.8. The van der Waals surface area contributed by atoms with E-state index in [0.717, 1.165) is 141 Å². The van der Waals surface area contributed by atoms with E-state index < -0.39 is 6.10 Å². The maximum atomic E-state index is 12.9. The second-order valence-corrected chi connectivity index (χ2v) is 22.3. The van der Waals surface area contributed by atoms with Crippen LogP contribution in [0.15, 0.2) is 122 Å². The van der Waals surface area contributed by atoms with Crippen LogP contribution in [0.2, 0.25) is 0 Å². The summed E-state index contributed by atoms with van der Waals surface area (Å²) in [5.41, 5.74) is 0. The average molecular weight is 1120 g/mol. The van der Waals surface area contributed by atoms with Crippen LogP contribution in [0.4, 0.5) is 0 Å². The van der Waals surface area contributed by atoms with E-state index in [1.165, 1.54) is 135 Å². The molecule has 0 heterocycles. The molecule has 0 aliphatic heterocycles. The molecule has 0 aromatic heterocycles. The molecule has 0 saturated carbocycles. The fourth-order valence-corrected chi connectivity index (χ4v) is 9.34. The lowest BCUT2D eigenvalue weighted by Crippen LogP contribution is -2.30. The molecule has 0 aromatic rings. The maximum Gasteiger partial charge on any atom is 0.306 e. The molecule has 81 heavy (non-hydrogen) atoms. The molecule has 6 heteroatoms. The predicted octanol–water partition coefficient (Wildman–Crippen LogP) is 23.6. The highest BCUT2D eigenvalue weighted by Gasteiger charge is 2.19. The summed E-state index contributed by atoms with van der Waals surface area (Å²) in [7, 11) is 0. The van der Waals surface area contributed by atoms with E-state index >= 15 is 0 Å². The van der Waals surface area contributed by atoms with Crippen molar-refractivity contribution in [1.82, 2.24) is 0 Å². The number of hydrogen-bond acceptors (Lipinski definition) is 6. The van der Waals surface area contributed by atoms with Gasteiger partial charge in [-0.25, -0.2) is 0 Å². The molecule has 0 aliphatic carbocycles. The average Bonchev–Trinajstić information content (AvgIpc) is 3.46. The number of carbonyl (C=O) groups excluding carboxylic acids is 3. The molecule has 462 valence electrons. The highest BCUT2D eigenvalue weighted by molar-refractivity contribution is 5.71. The summed E-state index contributed by atoms with van der Waals surface area (Å²) in [6.45, 7) is 6.46. The molecule has 6 nitrogen and oxygen atoms in total. The van der Waals surface area contributed by atoms with Crippen molar-refractivity contribution in [3.05, 3.63) is 122 Å². The minimum absolute atomic E-state index is 0.0872. The van der Waals surface area contributed by atoms with Crippen molar-refractivity contribution in [2.45, 2.75) is 322 Å². The van der Waals surface area contributed by atoms with Gasteiger partial charge in [0.2, 0.25) is 0 Å². The van der Waals surface area contributed by atoms with Gasteiger partial charge in [0.1, 0.15) is 13.2 Å². The Kier molecular flexibility index (Phi) is 64.8. The smallest absolute Gasteiger partial charge is 0.306 e. The number of unbranched alkanes of at least 4 members (excludes halogenated alkanes) is 30. The van der Waals surface area contributed by atoms with E-state index in [-0.39, 0.29) is 31.1 Å². The Balaban J connectivity index is 4.30. The largest absolute Gasteiger partial charge is 0.462 e. The van der Waals surface area contributed by atoms with Gasteiger partial charge in [-0.1, -0.05) is 290 Å². The van der Waals surface area contributed by atoms with Gasteiger partial charge in [0.25, 0.3) is 0 Å². The molecular formula is C75H126O6. The van der Waals surface area contributed by atoms with Gasteiger partial charge in [-0.05, 0) is 128 Å². The molecule has 0 bridgehead atoms. The molecular weight excluding hydrogens is 997 g/mol. The normalized spacial score (nSPS) is 12.9. The highest BCUT2D eigenvalue weighted by atomic mass is 16.6. The SMILES string of the molecule is CC/C=C\C/C=C\C/C=C\C/C=C\C/C=C\C/C=C\C/C=C\CCCCCCCCCCCC(=O)OCC(COC(=O)CCCCCCC/C=C\C/C=C\CCC)OC(=O)CCCCCCCCCCC/C=C\CCCCCCCC. The van der Waals surface area contributed by atoms with E-state index in [9.17, 15) is 14.4 Å². The zero-order valence-electron chi connectivity index (χ0n) is 53.0.